The Balaban J connectivity index is 3.63. The van der Waals surface area contributed by atoms with E-state index in [1.54, 1.807) is 0 Å². The molecular weight excluding hydrogens is 184 g/mol. The third kappa shape index (κ3) is 1.62. The van der Waals surface area contributed by atoms with Crippen molar-refractivity contribution in [3.05, 3.63) is 27.0 Å². The maximum atomic E-state index is 11.0. The topological polar surface area (TPSA) is 58.9 Å². The van der Waals surface area contributed by atoms with Gasteiger partial charge in [0.15, 0.2) is 0 Å². The number of pyridine rings is 1. The Morgan fingerprint density at radius 3 is 2.31 bits per heavy atom. The van der Waals surface area contributed by atoms with Gasteiger partial charge in [-0.25, -0.2) is 0 Å². The molecule has 0 aromatic carbocycles. The number of carbonyl (C=O) groups is 1. The van der Waals surface area contributed by atoms with Gasteiger partial charge in [-0.15, -0.1) is 0 Å². The van der Waals surface area contributed by atoms with Crippen LogP contribution in [0.15, 0.2) is 0 Å². The summed E-state index contributed by atoms with van der Waals surface area (Å²) in [6.45, 7) is 5.71. The molecule has 13 heavy (non-hydrogen) atoms. The van der Waals surface area contributed by atoms with E-state index in [0.29, 0.717) is 10.2 Å². The molecule has 0 spiro atoms. The van der Waals surface area contributed by atoms with Crippen molar-refractivity contribution in [2.45, 2.75) is 20.8 Å². The molecule has 1 aromatic rings. The molecule has 1 amide bonds. The third-order valence-electron chi connectivity index (χ3n) is 2.27. The lowest BCUT2D eigenvalue weighted by atomic mass is 10.0. The summed E-state index contributed by atoms with van der Waals surface area (Å²) in [5, 5.41) is 0. The molecule has 1 rings (SSSR count). The maximum absolute atomic E-state index is 11.0. The molecule has 4 heteroatoms. The first-order valence-corrected chi connectivity index (χ1v) is 4.36. The lowest BCUT2D eigenvalue weighted by molar-refractivity contribution is 0.0999. The first-order valence-electron chi connectivity index (χ1n) is 3.95. The molecule has 0 saturated heterocycles. The molecule has 0 aliphatic carbocycles. The number of hydrogen-bond acceptors (Lipinski definition) is 2. The average Bonchev–Trinajstić information content (AvgIpc) is 1.99. The molecule has 0 saturated carbocycles. The number of rotatable bonds is 1. The van der Waals surface area contributed by atoms with Gasteiger partial charge in [0.2, 0.25) is 0 Å². The van der Waals surface area contributed by atoms with Crippen LogP contribution >= 0.6 is 12.2 Å². The van der Waals surface area contributed by atoms with E-state index >= 15 is 0 Å². The average molecular weight is 196 g/mol. The van der Waals surface area contributed by atoms with Crippen LogP contribution in [-0.2, 0) is 0 Å². The van der Waals surface area contributed by atoms with Crippen LogP contribution in [0.2, 0.25) is 0 Å². The van der Waals surface area contributed by atoms with E-state index in [1.165, 1.54) is 0 Å². The van der Waals surface area contributed by atoms with Gasteiger partial charge in [-0.2, -0.15) is 0 Å². The highest BCUT2D eigenvalue weighted by molar-refractivity contribution is 7.71. The molecule has 3 N–H and O–H groups in total. The Labute approximate surface area is 82.0 Å². The molecule has 3 nitrogen and oxygen atoms in total. The van der Waals surface area contributed by atoms with Crippen LogP contribution in [0.4, 0.5) is 0 Å². The van der Waals surface area contributed by atoms with E-state index in [-0.39, 0.29) is 0 Å². The fraction of sp³-hybridized carbons (Fsp3) is 0.333. The Kier molecular flexibility index (Phi) is 2.52. The molecule has 0 bridgehead atoms. The van der Waals surface area contributed by atoms with Crippen molar-refractivity contribution in [2.75, 3.05) is 0 Å². The lowest BCUT2D eigenvalue weighted by Crippen LogP contribution is -2.15. The normalized spacial score (nSPS) is 10.1. The Morgan fingerprint density at radius 2 is 1.85 bits per heavy atom. The molecule has 1 aromatic heterocycles. The SMILES string of the molecule is Cc1[nH]c(=S)c(C(N)=O)c(C)c1C. The van der Waals surface area contributed by atoms with Crippen LogP contribution in [0.3, 0.4) is 0 Å². The van der Waals surface area contributed by atoms with Gasteiger partial charge in [0.1, 0.15) is 4.64 Å². The monoisotopic (exact) mass is 196 g/mol. The van der Waals surface area contributed by atoms with Crippen molar-refractivity contribution in [3.8, 4) is 0 Å². The predicted molar refractivity (Wildman–Crippen MR) is 54.4 cm³/mol. The lowest BCUT2D eigenvalue weighted by Gasteiger charge is -2.08. The fourth-order valence-electron chi connectivity index (χ4n) is 1.26. The smallest absolute Gasteiger partial charge is 0.251 e. The molecule has 0 atom stereocenters. The summed E-state index contributed by atoms with van der Waals surface area (Å²) < 4.78 is 0.424. The standard InChI is InChI=1S/C9H12N2OS/c1-4-5(2)7(8(10)12)9(13)11-6(4)3/h1-3H3,(H2,10,12)(H,11,13). The summed E-state index contributed by atoms with van der Waals surface area (Å²) in [6.07, 6.45) is 0. The van der Waals surface area contributed by atoms with Gasteiger partial charge in [-0.3, -0.25) is 4.79 Å². The van der Waals surface area contributed by atoms with Crippen molar-refractivity contribution in [2.24, 2.45) is 5.73 Å². The van der Waals surface area contributed by atoms with Crippen molar-refractivity contribution < 1.29 is 4.79 Å². The summed E-state index contributed by atoms with van der Waals surface area (Å²) in [6, 6.07) is 0. The molecule has 70 valence electrons. The van der Waals surface area contributed by atoms with Crippen LogP contribution in [0.1, 0.15) is 27.2 Å². The molecule has 0 aliphatic heterocycles. The van der Waals surface area contributed by atoms with Crippen LogP contribution < -0.4 is 5.73 Å². The first-order chi connectivity index (χ1) is 5.95. The van der Waals surface area contributed by atoms with E-state index < -0.39 is 5.91 Å². The Morgan fingerprint density at radius 1 is 1.31 bits per heavy atom. The van der Waals surface area contributed by atoms with E-state index in [0.717, 1.165) is 16.8 Å². The van der Waals surface area contributed by atoms with E-state index in [9.17, 15) is 4.79 Å². The number of aromatic amines is 1. The van der Waals surface area contributed by atoms with Gasteiger partial charge in [0, 0.05) is 5.69 Å². The summed E-state index contributed by atoms with van der Waals surface area (Å²) in [7, 11) is 0. The van der Waals surface area contributed by atoms with Gasteiger partial charge in [0.25, 0.3) is 5.91 Å². The number of nitrogens with two attached hydrogens (primary N) is 1. The highest BCUT2D eigenvalue weighted by Gasteiger charge is 2.10. The van der Waals surface area contributed by atoms with Crippen molar-refractivity contribution in [1.29, 1.82) is 0 Å². The number of carbonyl (C=O) groups excluding carboxylic acids is 1. The molecule has 0 unspecified atom stereocenters. The van der Waals surface area contributed by atoms with E-state index in [2.05, 4.69) is 4.98 Å². The maximum Gasteiger partial charge on any atom is 0.251 e. The Hall–Kier alpha value is -1.16. The number of primary amides is 1. The van der Waals surface area contributed by atoms with Crippen molar-refractivity contribution >= 4 is 18.1 Å². The molecule has 0 radical (unpaired) electrons. The zero-order valence-corrected chi connectivity index (χ0v) is 8.71. The highest BCUT2D eigenvalue weighted by atomic mass is 32.1. The minimum atomic E-state index is -0.471. The van der Waals surface area contributed by atoms with Gasteiger partial charge in [-0.05, 0) is 31.9 Å². The van der Waals surface area contributed by atoms with Gasteiger partial charge >= 0.3 is 0 Å². The molecule has 0 aliphatic rings. The number of hydrogen-bond donors (Lipinski definition) is 2. The summed E-state index contributed by atoms with van der Waals surface area (Å²) in [4.78, 5) is 14.0. The van der Waals surface area contributed by atoms with Gasteiger partial charge in [0.05, 0.1) is 5.56 Å². The fourth-order valence-corrected chi connectivity index (χ4v) is 1.67. The zero-order valence-electron chi connectivity index (χ0n) is 7.89. The van der Waals surface area contributed by atoms with Crippen molar-refractivity contribution in [1.82, 2.24) is 4.98 Å². The second kappa shape index (κ2) is 3.30. The summed E-state index contributed by atoms with van der Waals surface area (Å²) in [5.74, 6) is -0.471. The predicted octanol–water partition coefficient (Wildman–Crippen LogP) is 1.77. The highest BCUT2D eigenvalue weighted by Crippen LogP contribution is 2.15. The van der Waals surface area contributed by atoms with Gasteiger partial charge < -0.3 is 10.7 Å². The molecule has 0 fully saturated rings. The number of aryl methyl sites for hydroxylation is 1. The van der Waals surface area contributed by atoms with Crippen LogP contribution in [0.5, 0.6) is 0 Å². The van der Waals surface area contributed by atoms with Crippen LogP contribution in [-0.4, -0.2) is 10.9 Å². The number of H-pyrrole nitrogens is 1. The number of amides is 1. The second-order valence-corrected chi connectivity index (χ2v) is 3.48. The zero-order chi connectivity index (χ0) is 10.2. The third-order valence-corrected chi connectivity index (χ3v) is 2.58. The van der Waals surface area contributed by atoms with E-state index in [1.807, 2.05) is 20.8 Å². The number of aromatic nitrogens is 1. The minimum absolute atomic E-state index is 0.424. The molecule has 1 heterocycles. The second-order valence-electron chi connectivity index (χ2n) is 3.07. The number of nitrogens with one attached hydrogen (secondary N) is 1. The van der Waals surface area contributed by atoms with Crippen LogP contribution in [0, 0.1) is 25.4 Å². The largest absolute Gasteiger partial charge is 0.365 e. The first kappa shape index (κ1) is 9.92. The van der Waals surface area contributed by atoms with Crippen molar-refractivity contribution in [3.63, 3.8) is 0 Å². The summed E-state index contributed by atoms with van der Waals surface area (Å²) in [5.41, 5.74) is 8.52. The summed E-state index contributed by atoms with van der Waals surface area (Å²) >= 11 is 5.01. The minimum Gasteiger partial charge on any atom is -0.365 e. The van der Waals surface area contributed by atoms with Crippen LogP contribution in [0.25, 0.3) is 0 Å². The molecular formula is C9H12N2OS. The van der Waals surface area contributed by atoms with E-state index in [4.69, 9.17) is 18.0 Å². The van der Waals surface area contributed by atoms with Gasteiger partial charge in [-0.1, -0.05) is 12.2 Å². The quantitative estimate of drug-likeness (QED) is 0.672. The Bertz CT molecular complexity index is 420.